The molecule has 5 heteroatoms. The molecule has 1 aromatic carbocycles. The quantitative estimate of drug-likeness (QED) is 0.915. The largest absolute Gasteiger partial charge is 0.385 e. The number of hydrogen-bond donors (Lipinski definition) is 1. The molecule has 0 unspecified atom stereocenters. The molecule has 1 aromatic heterocycles. The minimum Gasteiger partial charge on any atom is -0.385 e. The summed E-state index contributed by atoms with van der Waals surface area (Å²) in [6.07, 6.45) is 0.887. The van der Waals surface area contributed by atoms with E-state index < -0.39 is 5.82 Å². The number of nitriles is 1. The SMILES string of the molecule is N#Cc1ccc(NCCc2ccc(Br)s2)cc1F. The molecule has 0 aliphatic carbocycles. The van der Waals surface area contributed by atoms with Gasteiger partial charge in [-0.15, -0.1) is 11.3 Å². The minimum absolute atomic E-state index is 0.0720. The fourth-order valence-corrected chi connectivity index (χ4v) is 3.01. The molecule has 1 N–H and O–H groups in total. The first-order chi connectivity index (χ1) is 8.69. The molecule has 2 nitrogen and oxygen atoms in total. The van der Waals surface area contributed by atoms with Crippen LogP contribution in [0, 0.1) is 17.1 Å². The van der Waals surface area contributed by atoms with Gasteiger partial charge in [-0.3, -0.25) is 0 Å². The van der Waals surface area contributed by atoms with Crippen molar-refractivity contribution in [3.05, 3.63) is 50.4 Å². The molecular formula is C13H10BrFN2S. The lowest BCUT2D eigenvalue weighted by molar-refractivity contribution is 0.624. The Bertz CT molecular complexity index is 589. The highest BCUT2D eigenvalue weighted by atomic mass is 79.9. The Morgan fingerprint density at radius 2 is 2.17 bits per heavy atom. The van der Waals surface area contributed by atoms with Gasteiger partial charge >= 0.3 is 0 Å². The predicted octanol–water partition coefficient (Wildman–Crippen LogP) is 4.18. The summed E-state index contributed by atoms with van der Waals surface area (Å²) in [5, 5.41) is 11.8. The van der Waals surface area contributed by atoms with Crippen LogP contribution in [0.1, 0.15) is 10.4 Å². The molecule has 0 aliphatic heterocycles. The molecular weight excluding hydrogens is 315 g/mol. The van der Waals surface area contributed by atoms with Gasteiger partial charge in [0, 0.05) is 17.1 Å². The van der Waals surface area contributed by atoms with E-state index in [4.69, 9.17) is 5.26 Å². The van der Waals surface area contributed by atoms with Crippen molar-refractivity contribution in [1.82, 2.24) is 0 Å². The summed E-state index contributed by atoms with van der Waals surface area (Å²) in [6, 6.07) is 10.4. The molecule has 2 rings (SSSR count). The maximum absolute atomic E-state index is 13.3. The van der Waals surface area contributed by atoms with Crippen molar-refractivity contribution < 1.29 is 4.39 Å². The second kappa shape index (κ2) is 5.98. The van der Waals surface area contributed by atoms with Crippen molar-refractivity contribution in [3.8, 4) is 6.07 Å². The van der Waals surface area contributed by atoms with Crippen LogP contribution in [0.3, 0.4) is 0 Å². The topological polar surface area (TPSA) is 35.8 Å². The standard InChI is InChI=1S/C13H10BrFN2S/c14-13-4-3-11(18-13)5-6-17-10-2-1-9(8-16)12(15)7-10/h1-4,7,17H,5-6H2. The second-order valence-corrected chi connectivity index (χ2v) is 6.24. The van der Waals surface area contributed by atoms with Crippen molar-refractivity contribution in [3.63, 3.8) is 0 Å². The van der Waals surface area contributed by atoms with E-state index in [1.165, 1.54) is 17.0 Å². The van der Waals surface area contributed by atoms with Gasteiger partial charge in [0.1, 0.15) is 11.9 Å². The van der Waals surface area contributed by atoms with E-state index in [1.807, 2.05) is 6.07 Å². The summed E-state index contributed by atoms with van der Waals surface area (Å²) >= 11 is 5.10. The van der Waals surface area contributed by atoms with Gasteiger partial charge in [0.05, 0.1) is 9.35 Å². The maximum atomic E-state index is 13.3. The highest BCUT2D eigenvalue weighted by molar-refractivity contribution is 9.11. The van der Waals surface area contributed by atoms with Crippen LogP contribution in [-0.2, 0) is 6.42 Å². The zero-order valence-corrected chi connectivity index (χ0v) is 11.8. The third kappa shape index (κ3) is 3.31. The van der Waals surface area contributed by atoms with Crippen LogP contribution in [-0.4, -0.2) is 6.54 Å². The van der Waals surface area contributed by atoms with Crippen LogP contribution in [0.15, 0.2) is 34.1 Å². The Morgan fingerprint density at radius 1 is 1.33 bits per heavy atom. The predicted molar refractivity (Wildman–Crippen MR) is 75.3 cm³/mol. The molecule has 2 aromatic rings. The summed E-state index contributed by atoms with van der Waals surface area (Å²) in [7, 11) is 0. The van der Waals surface area contributed by atoms with Gasteiger partial charge in [0.2, 0.25) is 0 Å². The average Bonchev–Trinajstić information content (AvgIpc) is 2.75. The molecule has 0 aliphatic rings. The fourth-order valence-electron chi connectivity index (χ4n) is 1.53. The highest BCUT2D eigenvalue weighted by Crippen LogP contribution is 2.22. The molecule has 1 heterocycles. The molecule has 92 valence electrons. The first-order valence-corrected chi connectivity index (χ1v) is 6.98. The minimum atomic E-state index is -0.485. The molecule has 18 heavy (non-hydrogen) atoms. The Balaban J connectivity index is 1.91. The summed E-state index contributed by atoms with van der Waals surface area (Å²) in [5.74, 6) is -0.485. The van der Waals surface area contributed by atoms with Gasteiger partial charge in [-0.2, -0.15) is 5.26 Å². The van der Waals surface area contributed by atoms with Gasteiger partial charge < -0.3 is 5.32 Å². The number of thiophene rings is 1. The third-order valence-corrected chi connectivity index (χ3v) is 4.10. The van der Waals surface area contributed by atoms with Crippen molar-refractivity contribution in [2.75, 3.05) is 11.9 Å². The van der Waals surface area contributed by atoms with Crippen LogP contribution in [0.25, 0.3) is 0 Å². The van der Waals surface area contributed by atoms with Gasteiger partial charge in [0.15, 0.2) is 0 Å². The lowest BCUT2D eigenvalue weighted by atomic mass is 10.2. The number of nitrogens with one attached hydrogen (secondary N) is 1. The number of anilines is 1. The van der Waals surface area contributed by atoms with E-state index in [1.54, 1.807) is 23.5 Å². The number of benzene rings is 1. The van der Waals surface area contributed by atoms with E-state index in [-0.39, 0.29) is 5.56 Å². The van der Waals surface area contributed by atoms with Crippen LogP contribution < -0.4 is 5.32 Å². The molecule has 0 atom stereocenters. The fraction of sp³-hybridized carbons (Fsp3) is 0.154. The summed E-state index contributed by atoms with van der Waals surface area (Å²) < 4.78 is 14.5. The van der Waals surface area contributed by atoms with E-state index in [9.17, 15) is 4.39 Å². The molecule has 0 saturated carbocycles. The van der Waals surface area contributed by atoms with Gasteiger partial charge in [0.25, 0.3) is 0 Å². The molecule has 0 spiro atoms. The van der Waals surface area contributed by atoms with Crippen LogP contribution >= 0.6 is 27.3 Å². The highest BCUT2D eigenvalue weighted by Gasteiger charge is 2.02. The smallest absolute Gasteiger partial charge is 0.143 e. The van der Waals surface area contributed by atoms with E-state index in [0.29, 0.717) is 5.69 Å². The molecule has 0 saturated heterocycles. The van der Waals surface area contributed by atoms with Crippen LogP contribution in [0.5, 0.6) is 0 Å². The monoisotopic (exact) mass is 324 g/mol. The number of hydrogen-bond acceptors (Lipinski definition) is 3. The van der Waals surface area contributed by atoms with Crippen LogP contribution in [0.4, 0.5) is 10.1 Å². The Labute approximate surface area is 117 Å². The number of nitrogens with zero attached hydrogens (tertiary/aromatic N) is 1. The summed E-state index contributed by atoms with van der Waals surface area (Å²) in [5.41, 5.74) is 0.768. The van der Waals surface area contributed by atoms with Crippen molar-refractivity contribution in [2.45, 2.75) is 6.42 Å². The van der Waals surface area contributed by atoms with Gasteiger partial charge in [-0.25, -0.2) is 4.39 Å². The molecule has 0 radical (unpaired) electrons. The molecule has 0 fully saturated rings. The van der Waals surface area contributed by atoms with Crippen LogP contribution in [0.2, 0.25) is 0 Å². The summed E-state index contributed by atoms with van der Waals surface area (Å²) in [4.78, 5) is 1.27. The van der Waals surface area contributed by atoms with E-state index in [2.05, 4.69) is 27.3 Å². The Morgan fingerprint density at radius 3 is 2.78 bits per heavy atom. The number of rotatable bonds is 4. The Hall–Kier alpha value is -1.38. The van der Waals surface area contributed by atoms with Gasteiger partial charge in [-0.05, 0) is 52.7 Å². The number of halogens is 2. The zero-order valence-electron chi connectivity index (χ0n) is 9.41. The normalized spacial score (nSPS) is 10.1. The summed E-state index contributed by atoms with van der Waals surface area (Å²) in [6.45, 7) is 0.734. The van der Waals surface area contributed by atoms with Gasteiger partial charge in [-0.1, -0.05) is 0 Å². The molecule has 0 bridgehead atoms. The van der Waals surface area contributed by atoms with Crippen molar-refractivity contribution in [2.24, 2.45) is 0 Å². The van der Waals surface area contributed by atoms with Crippen molar-refractivity contribution in [1.29, 1.82) is 5.26 Å². The molecule has 0 amide bonds. The maximum Gasteiger partial charge on any atom is 0.143 e. The second-order valence-electron chi connectivity index (χ2n) is 3.69. The lowest BCUT2D eigenvalue weighted by Crippen LogP contribution is -2.04. The van der Waals surface area contributed by atoms with E-state index in [0.717, 1.165) is 16.8 Å². The first kappa shape index (κ1) is 13.1. The first-order valence-electron chi connectivity index (χ1n) is 5.37. The zero-order chi connectivity index (χ0) is 13.0. The average molecular weight is 325 g/mol. The van der Waals surface area contributed by atoms with E-state index >= 15 is 0 Å². The lowest BCUT2D eigenvalue weighted by Gasteiger charge is -2.05. The Kier molecular flexibility index (Phi) is 4.34. The third-order valence-electron chi connectivity index (χ3n) is 2.42. The van der Waals surface area contributed by atoms with Crippen molar-refractivity contribution >= 4 is 33.0 Å².